The van der Waals surface area contributed by atoms with Crippen molar-refractivity contribution in [3.63, 3.8) is 0 Å². The molecule has 0 amide bonds. The fraction of sp³-hybridized carbons (Fsp3) is 0.143. The average molecular weight is 446 g/mol. The third-order valence-electron chi connectivity index (χ3n) is 2.52. The van der Waals surface area contributed by atoms with Gasteiger partial charge in [0.2, 0.25) is 0 Å². The van der Waals surface area contributed by atoms with Crippen LogP contribution in [0.2, 0.25) is 0 Å². The summed E-state index contributed by atoms with van der Waals surface area (Å²) in [7, 11) is -6.79. The van der Waals surface area contributed by atoms with Crippen LogP contribution in [0.15, 0.2) is 48.5 Å². The molecular weight excluding hydrogens is 432 g/mol. The van der Waals surface area contributed by atoms with Gasteiger partial charge in [0.15, 0.2) is 23.0 Å². The minimum atomic E-state index is -4.74. The van der Waals surface area contributed by atoms with Gasteiger partial charge in [-0.3, -0.25) is 0 Å². The van der Waals surface area contributed by atoms with Crippen LogP contribution in [0.5, 0.6) is 23.0 Å². The van der Waals surface area contributed by atoms with Gasteiger partial charge in [0.1, 0.15) is 0 Å². The molecule has 0 unspecified atom stereocenters. The van der Waals surface area contributed by atoms with Crippen molar-refractivity contribution in [2.24, 2.45) is 0 Å². The summed E-state index contributed by atoms with van der Waals surface area (Å²) in [5.41, 5.74) is 0. The van der Waals surface area contributed by atoms with Gasteiger partial charge < -0.3 is 26.9 Å². The largest absolute Gasteiger partial charge is 2.00 e. The first-order valence-electron chi connectivity index (χ1n) is 6.62. The Morgan fingerprint density at radius 1 is 0.630 bits per heavy atom. The van der Waals surface area contributed by atoms with Crippen LogP contribution in [0.1, 0.15) is 0 Å². The van der Waals surface area contributed by atoms with E-state index in [0.717, 1.165) is 0 Å². The summed E-state index contributed by atoms with van der Waals surface area (Å²) in [4.78, 5) is 0. The predicted octanol–water partition coefficient (Wildman–Crippen LogP) is 0.688. The maximum absolute atomic E-state index is 10.2. The summed E-state index contributed by atoms with van der Waals surface area (Å²) < 4.78 is 79.2. The summed E-state index contributed by atoms with van der Waals surface area (Å²) in [6.07, 6.45) is 0. The molecule has 0 fully saturated rings. The number of benzene rings is 2. The summed E-state index contributed by atoms with van der Waals surface area (Å²) in [6.45, 7) is 0. The molecule has 0 spiro atoms. The number of ether oxygens (including phenoxy) is 2. The molecule has 0 aromatic heterocycles. The number of para-hydroxylation sites is 4. The molecule has 0 aliphatic rings. The standard InChI is InChI=1S/2C7H8O5S.Ca/c2*1-11-6-4-2-3-5-7(6)12-13(8,9)10;/h2*2-5H,1H3,(H,8,9,10);/q;;+2/p-2. The van der Waals surface area contributed by atoms with E-state index in [-0.39, 0.29) is 60.7 Å². The summed E-state index contributed by atoms with van der Waals surface area (Å²) in [6, 6.07) is 11.9. The van der Waals surface area contributed by atoms with Crippen LogP contribution >= 0.6 is 0 Å². The van der Waals surface area contributed by atoms with Gasteiger partial charge in [-0.15, -0.1) is 0 Å². The molecule has 2 aromatic rings. The van der Waals surface area contributed by atoms with Crippen LogP contribution in [0.25, 0.3) is 0 Å². The van der Waals surface area contributed by atoms with E-state index >= 15 is 0 Å². The summed E-state index contributed by atoms with van der Waals surface area (Å²) >= 11 is 0. The van der Waals surface area contributed by atoms with Crippen LogP contribution in [0, 0.1) is 0 Å². The first kappa shape index (κ1) is 25.7. The maximum atomic E-state index is 10.2. The third-order valence-corrected chi connectivity index (χ3v) is 3.29. The van der Waals surface area contributed by atoms with E-state index in [2.05, 4.69) is 8.37 Å². The minimum absolute atomic E-state index is 0. The summed E-state index contributed by atoms with van der Waals surface area (Å²) in [5.74, 6) is 0.170. The molecule has 27 heavy (non-hydrogen) atoms. The molecule has 10 nitrogen and oxygen atoms in total. The Kier molecular flexibility index (Phi) is 11.0. The quantitative estimate of drug-likeness (QED) is 0.352. The SMILES string of the molecule is COc1ccccc1OS(=O)(=O)[O-].COc1ccccc1OS(=O)(=O)[O-].[Ca+2]. The van der Waals surface area contributed by atoms with Crippen LogP contribution in [0.4, 0.5) is 0 Å². The van der Waals surface area contributed by atoms with Crippen LogP contribution < -0.4 is 17.8 Å². The van der Waals surface area contributed by atoms with E-state index < -0.39 is 20.8 Å². The molecule has 13 heteroatoms. The van der Waals surface area contributed by atoms with Crippen molar-refractivity contribution in [3.05, 3.63) is 48.5 Å². The topological polar surface area (TPSA) is 151 Å². The van der Waals surface area contributed by atoms with Gasteiger partial charge in [-0.1, -0.05) is 24.3 Å². The fourth-order valence-electron chi connectivity index (χ4n) is 1.60. The Morgan fingerprint density at radius 2 is 0.889 bits per heavy atom. The van der Waals surface area contributed by atoms with E-state index in [1.165, 1.54) is 50.6 Å². The molecule has 144 valence electrons. The average Bonchev–Trinajstić information content (AvgIpc) is 2.53. The van der Waals surface area contributed by atoms with Gasteiger partial charge in [0.25, 0.3) is 20.8 Å². The zero-order valence-corrected chi connectivity index (χ0v) is 18.1. The Morgan fingerprint density at radius 3 is 1.11 bits per heavy atom. The molecule has 2 rings (SSSR count). The van der Waals surface area contributed by atoms with E-state index in [9.17, 15) is 25.9 Å². The Hall–Kier alpha value is -1.28. The number of rotatable bonds is 6. The number of hydrogen-bond donors (Lipinski definition) is 0. The van der Waals surface area contributed by atoms with Gasteiger partial charge in [0, 0.05) is 0 Å². The van der Waals surface area contributed by atoms with Crippen molar-refractivity contribution >= 4 is 58.5 Å². The molecule has 0 saturated carbocycles. The minimum Gasteiger partial charge on any atom is -0.716 e. The molecule has 0 aliphatic heterocycles. The van der Waals surface area contributed by atoms with Crippen LogP contribution in [-0.2, 0) is 20.8 Å². The molecule has 0 aliphatic carbocycles. The van der Waals surface area contributed by atoms with Crippen molar-refractivity contribution in [3.8, 4) is 23.0 Å². The normalized spacial score (nSPS) is 10.5. The Bertz CT molecular complexity index is 851. The number of hydrogen-bond acceptors (Lipinski definition) is 10. The zero-order chi connectivity index (χ0) is 19.8. The number of methoxy groups -OCH3 is 2. The van der Waals surface area contributed by atoms with Gasteiger partial charge in [-0.25, -0.2) is 16.8 Å². The molecule has 0 radical (unpaired) electrons. The molecular formula is C14H14CaO10S2. The first-order chi connectivity index (χ1) is 12.1. The van der Waals surface area contributed by atoms with Crippen LogP contribution in [-0.4, -0.2) is 77.9 Å². The van der Waals surface area contributed by atoms with Crippen molar-refractivity contribution in [1.82, 2.24) is 0 Å². The van der Waals surface area contributed by atoms with Crippen molar-refractivity contribution in [2.45, 2.75) is 0 Å². The van der Waals surface area contributed by atoms with Gasteiger partial charge in [0.05, 0.1) is 14.2 Å². The molecule has 0 saturated heterocycles. The van der Waals surface area contributed by atoms with Crippen molar-refractivity contribution in [2.75, 3.05) is 14.2 Å². The predicted molar refractivity (Wildman–Crippen MR) is 92.4 cm³/mol. The molecule has 0 N–H and O–H groups in total. The maximum Gasteiger partial charge on any atom is 2.00 e. The van der Waals surface area contributed by atoms with Gasteiger partial charge >= 0.3 is 37.7 Å². The van der Waals surface area contributed by atoms with E-state index in [1.807, 2.05) is 0 Å². The molecule has 2 aromatic carbocycles. The molecule has 0 atom stereocenters. The molecule has 0 heterocycles. The van der Waals surface area contributed by atoms with Crippen molar-refractivity contribution < 1.29 is 43.8 Å². The second-order valence-electron chi connectivity index (χ2n) is 4.28. The second-order valence-corrected chi connectivity index (χ2v) is 6.25. The fourth-order valence-corrected chi connectivity index (χ4v) is 2.31. The van der Waals surface area contributed by atoms with Gasteiger partial charge in [-0.2, -0.15) is 0 Å². The van der Waals surface area contributed by atoms with Crippen molar-refractivity contribution in [1.29, 1.82) is 0 Å². The van der Waals surface area contributed by atoms with E-state index in [0.29, 0.717) is 0 Å². The Balaban J connectivity index is 0.000000483. The zero-order valence-electron chi connectivity index (χ0n) is 14.2. The monoisotopic (exact) mass is 446 g/mol. The van der Waals surface area contributed by atoms with Crippen LogP contribution in [0.3, 0.4) is 0 Å². The molecule has 0 bridgehead atoms. The first-order valence-corrected chi connectivity index (χ1v) is 9.29. The van der Waals surface area contributed by atoms with E-state index in [1.54, 1.807) is 12.1 Å². The smallest absolute Gasteiger partial charge is 0.716 e. The second kappa shape index (κ2) is 11.5. The van der Waals surface area contributed by atoms with Gasteiger partial charge in [-0.05, 0) is 24.3 Å². The van der Waals surface area contributed by atoms with E-state index in [4.69, 9.17) is 9.47 Å². The Labute approximate surface area is 186 Å². The summed E-state index contributed by atoms with van der Waals surface area (Å²) in [5, 5.41) is 0. The third kappa shape index (κ3) is 10.6.